The van der Waals surface area contributed by atoms with Crippen molar-refractivity contribution in [1.82, 2.24) is 0 Å². The number of carboxylic acid groups (broad SMARTS) is 1. The minimum Gasteiger partial charge on any atom is -0.481 e. The van der Waals surface area contributed by atoms with E-state index in [4.69, 9.17) is 10.3 Å². The van der Waals surface area contributed by atoms with Crippen molar-refractivity contribution in [1.29, 1.82) is 0 Å². The van der Waals surface area contributed by atoms with E-state index in [0.29, 0.717) is 30.1 Å². The second-order valence-electron chi connectivity index (χ2n) is 5.45. The summed E-state index contributed by atoms with van der Waals surface area (Å²) in [7, 11) is 0. The molecule has 2 rings (SSSR count). The molecule has 4 heteroatoms. The lowest BCUT2D eigenvalue weighted by Crippen LogP contribution is -2.20. The van der Waals surface area contributed by atoms with Crippen LogP contribution in [0.15, 0.2) is 29.5 Å². The molecule has 104 valence electrons. The molecule has 4 unspecified atom stereocenters. The number of unbranched alkanes of at least 4 members (excludes halogenated alkanes) is 1. The van der Waals surface area contributed by atoms with E-state index >= 15 is 0 Å². The van der Waals surface area contributed by atoms with Crippen molar-refractivity contribution in [3.63, 3.8) is 0 Å². The number of oxime groups is 1. The summed E-state index contributed by atoms with van der Waals surface area (Å²) >= 11 is 0. The zero-order valence-electron chi connectivity index (χ0n) is 11.0. The highest BCUT2D eigenvalue weighted by atomic mass is 16.4. The van der Waals surface area contributed by atoms with E-state index < -0.39 is 5.97 Å². The van der Waals surface area contributed by atoms with Gasteiger partial charge in [0, 0.05) is 18.6 Å². The molecule has 0 aliphatic heterocycles. The summed E-state index contributed by atoms with van der Waals surface area (Å²) in [6.45, 7) is 0. The zero-order chi connectivity index (χ0) is 13.7. The van der Waals surface area contributed by atoms with Crippen molar-refractivity contribution in [2.24, 2.45) is 28.8 Å². The highest BCUT2D eigenvalue weighted by Crippen LogP contribution is 2.48. The fraction of sp³-hybridized carbons (Fsp3) is 0.600. The Bertz CT molecular complexity index is 400. The fourth-order valence-electron chi connectivity index (χ4n) is 3.34. The van der Waals surface area contributed by atoms with Gasteiger partial charge in [-0.2, -0.15) is 0 Å². The Hall–Kier alpha value is -1.58. The first-order valence-corrected chi connectivity index (χ1v) is 6.95. The summed E-state index contributed by atoms with van der Waals surface area (Å²) in [6.07, 6.45) is 14.3. The molecule has 19 heavy (non-hydrogen) atoms. The van der Waals surface area contributed by atoms with Gasteiger partial charge in [-0.1, -0.05) is 24.3 Å². The van der Waals surface area contributed by atoms with Crippen LogP contribution in [0.25, 0.3) is 0 Å². The average molecular weight is 263 g/mol. The van der Waals surface area contributed by atoms with Gasteiger partial charge in [0.25, 0.3) is 0 Å². The Morgan fingerprint density at radius 1 is 1.32 bits per heavy atom. The standard InChI is InChI=1S/C15H21NO3/c17-15(18)6-4-2-1-3-5-13-11-7-8-12(9-11)14(13)10-16-19/h1,3,7-8,10-14,19H,2,4-6,9H2,(H,17,18)/b3-1-,16-10?. The molecule has 4 nitrogen and oxygen atoms in total. The first-order chi connectivity index (χ1) is 9.22. The number of carboxylic acids is 1. The smallest absolute Gasteiger partial charge is 0.303 e. The van der Waals surface area contributed by atoms with Gasteiger partial charge in [-0.3, -0.25) is 4.79 Å². The van der Waals surface area contributed by atoms with Crippen LogP contribution < -0.4 is 0 Å². The molecule has 0 amide bonds. The molecule has 0 heterocycles. The van der Waals surface area contributed by atoms with Crippen LogP contribution in [0.3, 0.4) is 0 Å². The number of nitrogens with zero attached hydrogens (tertiary/aromatic N) is 1. The van der Waals surface area contributed by atoms with E-state index in [2.05, 4.69) is 29.5 Å². The van der Waals surface area contributed by atoms with Crippen LogP contribution in [0.1, 0.15) is 32.1 Å². The van der Waals surface area contributed by atoms with Crippen LogP contribution in [-0.2, 0) is 4.79 Å². The molecule has 0 saturated heterocycles. The third-order valence-corrected chi connectivity index (χ3v) is 4.26. The summed E-state index contributed by atoms with van der Waals surface area (Å²) in [4.78, 5) is 10.4. The average Bonchev–Trinajstić information content (AvgIpc) is 2.95. The van der Waals surface area contributed by atoms with Gasteiger partial charge in [-0.05, 0) is 43.4 Å². The van der Waals surface area contributed by atoms with Gasteiger partial charge in [-0.25, -0.2) is 0 Å². The molecule has 2 aliphatic carbocycles. The van der Waals surface area contributed by atoms with E-state index in [1.165, 1.54) is 6.42 Å². The summed E-state index contributed by atoms with van der Waals surface area (Å²) in [5.74, 6) is 1.29. The second kappa shape index (κ2) is 6.55. The minimum atomic E-state index is -0.731. The number of fused-ring (bicyclic) bond motifs is 2. The third kappa shape index (κ3) is 3.46. The predicted molar refractivity (Wildman–Crippen MR) is 73.2 cm³/mol. The van der Waals surface area contributed by atoms with Crippen LogP contribution in [0.2, 0.25) is 0 Å². The normalized spacial score (nSPS) is 32.8. The number of allylic oxidation sites excluding steroid dienone is 4. The van der Waals surface area contributed by atoms with E-state index in [1.807, 2.05) is 0 Å². The summed E-state index contributed by atoms with van der Waals surface area (Å²) in [6, 6.07) is 0. The Labute approximate surface area is 113 Å². The van der Waals surface area contributed by atoms with Gasteiger partial charge in [0.1, 0.15) is 0 Å². The molecule has 2 N–H and O–H groups in total. The minimum absolute atomic E-state index is 0.237. The van der Waals surface area contributed by atoms with Gasteiger partial charge in [0.05, 0.1) is 0 Å². The van der Waals surface area contributed by atoms with Crippen LogP contribution >= 0.6 is 0 Å². The zero-order valence-corrected chi connectivity index (χ0v) is 11.0. The van der Waals surface area contributed by atoms with Crippen LogP contribution in [-0.4, -0.2) is 22.5 Å². The van der Waals surface area contributed by atoms with Gasteiger partial charge >= 0.3 is 5.97 Å². The molecule has 0 spiro atoms. The van der Waals surface area contributed by atoms with Gasteiger partial charge < -0.3 is 10.3 Å². The number of aliphatic carboxylic acids is 1. The lowest BCUT2D eigenvalue weighted by Gasteiger charge is -2.23. The lowest BCUT2D eigenvalue weighted by atomic mass is 9.81. The van der Waals surface area contributed by atoms with Crippen LogP contribution in [0, 0.1) is 23.7 Å². The maximum Gasteiger partial charge on any atom is 0.303 e. The molecule has 4 atom stereocenters. The Kier molecular flexibility index (Phi) is 4.77. The van der Waals surface area contributed by atoms with Crippen LogP contribution in [0.5, 0.6) is 0 Å². The summed E-state index contributed by atoms with van der Waals surface area (Å²) in [5.41, 5.74) is 0. The molecule has 2 aliphatic rings. The Balaban J connectivity index is 1.77. The van der Waals surface area contributed by atoms with Crippen molar-refractivity contribution in [3.8, 4) is 0 Å². The predicted octanol–water partition coefficient (Wildman–Crippen LogP) is 3.09. The van der Waals surface area contributed by atoms with Crippen molar-refractivity contribution < 1.29 is 15.1 Å². The molecular weight excluding hydrogens is 242 g/mol. The molecule has 0 aromatic heterocycles. The molecule has 1 fully saturated rings. The maximum atomic E-state index is 10.4. The number of hydrogen-bond donors (Lipinski definition) is 2. The summed E-state index contributed by atoms with van der Waals surface area (Å²) in [5, 5.41) is 20.5. The first kappa shape index (κ1) is 13.8. The molecule has 1 saturated carbocycles. The Morgan fingerprint density at radius 3 is 2.84 bits per heavy atom. The third-order valence-electron chi connectivity index (χ3n) is 4.26. The maximum absolute atomic E-state index is 10.4. The first-order valence-electron chi connectivity index (χ1n) is 6.95. The summed E-state index contributed by atoms with van der Waals surface area (Å²) < 4.78 is 0. The lowest BCUT2D eigenvalue weighted by molar-refractivity contribution is -0.137. The van der Waals surface area contributed by atoms with E-state index in [9.17, 15) is 4.79 Å². The number of hydrogen-bond acceptors (Lipinski definition) is 3. The van der Waals surface area contributed by atoms with Crippen molar-refractivity contribution in [2.45, 2.75) is 32.1 Å². The van der Waals surface area contributed by atoms with E-state index in [0.717, 1.165) is 12.8 Å². The van der Waals surface area contributed by atoms with Crippen molar-refractivity contribution in [3.05, 3.63) is 24.3 Å². The van der Waals surface area contributed by atoms with Crippen molar-refractivity contribution in [2.75, 3.05) is 0 Å². The number of rotatable bonds is 7. The van der Waals surface area contributed by atoms with Gasteiger partial charge in [-0.15, -0.1) is 5.16 Å². The highest BCUT2D eigenvalue weighted by Gasteiger charge is 2.42. The number of carbonyl (C=O) groups is 1. The molecule has 0 aromatic carbocycles. The van der Waals surface area contributed by atoms with Crippen LogP contribution in [0.4, 0.5) is 0 Å². The van der Waals surface area contributed by atoms with Gasteiger partial charge in [0.2, 0.25) is 0 Å². The SMILES string of the molecule is O=C(O)CCC/C=C\CC1C2C=CC(C2)C1C=NO. The molecule has 0 aromatic rings. The topological polar surface area (TPSA) is 69.9 Å². The highest BCUT2D eigenvalue weighted by molar-refractivity contribution is 5.66. The fourth-order valence-corrected chi connectivity index (χ4v) is 3.34. The largest absolute Gasteiger partial charge is 0.481 e. The Morgan fingerprint density at radius 2 is 2.11 bits per heavy atom. The van der Waals surface area contributed by atoms with Crippen molar-refractivity contribution >= 4 is 12.2 Å². The van der Waals surface area contributed by atoms with E-state index in [-0.39, 0.29) is 6.42 Å². The molecule has 0 radical (unpaired) electrons. The van der Waals surface area contributed by atoms with E-state index in [1.54, 1.807) is 6.21 Å². The van der Waals surface area contributed by atoms with Gasteiger partial charge in [0.15, 0.2) is 0 Å². The quantitative estimate of drug-likeness (QED) is 0.244. The molecule has 2 bridgehead atoms. The second-order valence-corrected chi connectivity index (χ2v) is 5.45. The molecular formula is C15H21NO3. The monoisotopic (exact) mass is 263 g/mol.